The molecule has 0 spiro atoms. The summed E-state index contributed by atoms with van der Waals surface area (Å²) in [5.74, 6) is 0.946. The van der Waals surface area contributed by atoms with Crippen LogP contribution in [0.3, 0.4) is 0 Å². The third-order valence-electron chi connectivity index (χ3n) is 3.01. The van der Waals surface area contributed by atoms with Crippen molar-refractivity contribution in [1.82, 2.24) is 5.32 Å². The van der Waals surface area contributed by atoms with Crippen LogP contribution in [-0.2, 0) is 17.9 Å². The SMILES string of the molecule is CCCCOCc1oc2ccccc2c1CNC. The van der Waals surface area contributed by atoms with Gasteiger partial charge < -0.3 is 14.5 Å². The summed E-state index contributed by atoms with van der Waals surface area (Å²) < 4.78 is 11.5. The zero-order valence-corrected chi connectivity index (χ0v) is 11.2. The van der Waals surface area contributed by atoms with Crippen molar-refractivity contribution in [3.05, 3.63) is 35.6 Å². The largest absolute Gasteiger partial charge is 0.458 e. The van der Waals surface area contributed by atoms with E-state index >= 15 is 0 Å². The van der Waals surface area contributed by atoms with Crippen LogP contribution < -0.4 is 5.32 Å². The minimum Gasteiger partial charge on any atom is -0.458 e. The normalized spacial score (nSPS) is 11.2. The van der Waals surface area contributed by atoms with Gasteiger partial charge in [0.2, 0.25) is 0 Å². The van der Waals surface area contributed by atoms with Crippen molar-refractivity contribution in [3.8, 4) is 0 Å². The van der Waals surface area contributed by atoms with Gasteiger partial charge in [-0.15, -0.1) is 0 Å². The molecule has 0 unspecified atom stereocenters. The molecule has 0 aliphatic rings. The van der Waals surface area contributed by atoms with E-state index < -0.39 is 0 Å². The van der Waals surface area contributed by atoms with Gasteiger partial charge in [-0.2, -0.15) is 0 Å². The highest BCUT2D eigenvalue weighted by molar-refractivity contribution is 5.82. The van der Waals surface area contributed by atoms with E-state index in [4.69, 9.17) is 9.15 Å². The number of para-hydroxylation sites is 1. The molecule has 2 aromatic rings. The molecule has 1 heterocycles. The van der Waals surface area contributed by atoms with Crippen LogP contribution in [0.5, 0.6) is 0 Å². The van der Waals surface area contributed by atoms with Gasteiger partial charge in [-0.3, -0.25) is 0 Å². The number of hydrogen-bond donors (Lipinski definition) is 1. The van der Waals surface area contributed by atoms with E-state index in [0.29, 0.717) is 6.61 Å². The first kappa shape index (κ1) is 13.1. The van der Waals surface area contributed by atoms with Crippen molar-refractivity contribution in [3.63, 3.8) is 0 Å². The Balaban J connectivity index is 2.17. The van der Waals surface area contributed by atoms with Gasteiger partial charge in [-0.25, -0.2) is 0 Å². The predicted octanol–water partition coefficient (Wildman–Crippen LogP) is 3.47. The summed E-state index contributed by atoms with van der Waals surface area (Å²) in [4.78, 5) is 0. The van der Waals surface area contributed by atoms with E-state index in [1.54, 1.807) is 0 Å². The average molecular weight is 247 g/mol. The van der Waals surface area contributed by atoms with Crippen LogP contribution >= 0.6 is 0 Å². The van der Waals surface area contributed by atoms with Crippen molar-refractivity contribution >= 4 is 11.0 Å². The van der Waals surface area contributed by atoms with E-state index in [1.165, 1.54) is 10.9 Å². The summed E-state index contributed by atoms with van der Waals surface area (Å²) in [5, 5.41) is 4.37. The molecule has 98 valence electrons. The molecule has 0 aliphatic heterocycles. The van der Waals surface area contributed by atoms with Gasteiger partial charge in [-0.1, -0.05) is 31.5 Å². The van der Waals surface area contributed by atoms with Crippen molar-refractivity contribution in [2.75, 3.05) is 13.7 Å². The van der Waals surface area contributed by atoms with E-state index in [1.807, 2.05) is 25.2 Å². The van der Waals surface area contributed by atoms with Gasteiger partial charge in [0.1, 0.15) is 18.0 Å². The highest BCUT2D eigenvalue weighted by Gasteiger charge is 2.12. The molecule has 0 radical (unpaired) electrons. The lowest BCUT2D eigenvalue weighted by atomic mass is 10.1. The molecule has 0 fully saturated rings. The van der Waals surface area contributed by atoms with Crippen LogP contribution in [0.4, 0.5) is 0 Å². The smallest absolute Gasteiger partial charge is 0.135 e. The molecule has 0 aliphatic carbocycles. The van der Waals surface area contributed by atoms with Gasteiger partial charge in [0.15, 0.2) is 0 Å². The molecule has 1 aromatic heterocycles. The Morgan fingerprint density at radius 2 is 2.11 bits per heavy atom. The van der Waals surface area contributed by atoms with E-state index in [9.17, 15) is 0 Å². The molecular formula is C15H21NO2. The van der Waals surface area contributed by atoms with Crippen LogP contribution in [0.25, 0.3) is 11.0 Å². The summed E-state index contributed by atoms with van der Waals surface area (Å²) in [6.07, 6.45) is 2.26. The second-order valence-electron chi connectivity index (χ2n) is 4.44. The maximum Gasteiger partial charge on any atom is 0.135 e. The summed E-state index contributed by atoms with van der Waals surface area (Å²) in [6, 6.07) is 8.14. The number of fused-ring (bicyclic) bond motifs is 1. The summed E-state index contributed by atoms with van der Waals surface area (Å²) in [5.41, 5.74) is 2.15. The Morgan fingerprint density at radius 1 is 1.28 bits per heavy atom. The minimum atomic E-state index is 0.561. The van der Waals surface area contributed by atoms with Crippen LogP contribution in [0.1, 0.15) is 31.1 Å². The molecule has 0 saturated carbocycles. The fourth-order valence-electron chi connectivity index (χ4n) is 2.05. The summed E-state index contributed by atoms with van der Waals surface area (Å²) in [6.45, 7) is 4.33. The van der Waals surface area contributed by atoms with E-state index in [2.05, 4.69) is 18.3 Å². The maximum atomic E-state index is 5.87. The minimum absolute atomic E-state index is 0.561. The first-order valence-electron chi connectivity index (χ1n) is 6.58. The second kappa shape index (κ2) is 6.57. The quantitative estimate of drug-likeness (QED) is 0.761. The number of furan rings is 1. The molecule has 1 N–H and O–H groups in total. The lowest BCUT2D eigenvalue weighted by molar-refractivity contribution is 0.104. The lowest BCUT2D eigenvalue weighted by Crippen LogP contribution is -2.07. The van der Waals surface area contributed by atoms with Crippen molar-refractivity contribution in [2.24, 2.45) is 0 Å². The average Bonchev–Trinajstić information content (AvgIpc) is 2.74. The van der Waals surface area contributed by atoms with Gasteiger partial charge in [0, 0.05) is 24.1 Å². The highest BCUT2D eigenvalue weighted by Crippen LogP contribution is 2.26. The monoisotopic (exact) mass is 247 g/mol. The summed E-state index contributed by atoms with van der Waals surface area (Å²) in [7, 11) is 1.95. The number of nitrogens with one attached hydrogen (secondary N) is 1. The number of hydrogen-bond acceptors (Lipinski definition) is 3. The number of ether oxygens (including phenoxy) is 1. The fraction of sp³-hybridized carbons (Fsp3) is 0.467. The Hall–Kier alpha value is -1.32. The van der Waals surface area contributed by atoms with Crippen LogP contribution in [-0.4, -0.2) is 13.7 Å². The molecular weight excluding hydrogens is 226 g/mol. The van der Waals surface area contributed by atoms with Gasteiger partial charge in [0.05, 0.1) is 0 Å². The number of rotatable bonds is 7. The molecule has 0 bridgehead atoms. The maximum absolute atomic E-state index is 5.87. The zero-order chi connectivity index (χ0) is 12.8. The van der Waals surface area contributed by atoms with E-state index in [-0.39, 0.29) is 0 Å². The first-order chi connectivity index (χ1) is 8.86. The van der Waals surface area contributed by atoms with Crippen LogP contribution in [0.15, 0.2) is 28.7 Å². The van der Waals surface area contributed by atoms with E-state index in [0.717, 1.165) is 37.3 Å². The molecule has 0 atom stereocenters. The molecule has 3 heteroatoms. The Morgan fingerprint density at radius 3 is 2.89 bits per heavy atom. The molecule has 18 heavy (non-hydrogen) atoms. The van der Waals surface area contributed by atoms with Crippen molar-refractivity contribution in [2.45, 2.75) is 32.9 Å². The van der Waals surface area contributed by atoms with Gasteiger partial charge in [-0.05, 0) is 19.5 Å². The fourth-order valence-corrected chi connectivity index (χ4v) is 2.05. The third kappa shape index (κ3) is 2.92. The second-order valence-corrected chi connectivity index (χ2v) is 4.44. The molecule has 1 aromatic carbocycles. The molecule has 2 rings (SSSR count). The first-order valence-corrected chi connectivity index (χ1v) is 6.58. The van der Waals surface area contributed by atoms with Gasteiger partial charge >= 0.3 is 0 Å². The Labute approximate surface area is 108 Å². The topological polar surface area (TPSA) is 34.4 Å². The van der Waals surface area contributed by atoms with Crippen LogP contribution in [0, 0.1) is 0 Å². The standard InChI is InChI=1S/C15H21NO2/c1-3-4-9-17-11-15-13(10-16-2)12-7-5-6-8-14(12)18-15/h5-8,16H,3-4,9-11H2,1-2H3. The lowest BCUT2D eigenvalue weighted by Gasteiger charge is -2.04. The number of benzene rings is 1. The van der Waals surface area contributed by atoms with Crippen molar-refractivity contribution in [1.29, 1.82) is 0 Å². The molecule has 0 amide bonds. The van der Waals surface area contributed by atoms with Crippen molar-refractivity contribution < 1.29 is 9.15 Å². The predicted molar refractivity (Wildman–Crippen MR) is 73.5 cm³/mol. The molecule has 3 nitrogen and oxygen atoms in total. The highest BCUT2D eigenvalue weighted by atomic mass is 16.5. The molecule has 0 saturated heterocycles. The zero-order valence-electron chi connectivity index (χ0n) is 11.2. The third-order valence-corrected chi connectivity index (χ3v) is 3.01. The van der Waals surface area contributed by atoms with Gasteiger partial charge in [0.25, 0.3) is 0 Å². The Kier molecular flexibility index (Phi) is 4.79. The summed E-state index contributed by atoms with van der Waals surface area (Å²) >= 11 is 0. The van der Waals surface area contributed by atoms with Crippen LogP contribution in [0.2, 0.25) is 0 Å². The number of unbranched alkanes of at least 4 members (excludes halogenated alkanes) is 1. The Bertz CT molecular complexity index is 490.